The molecule has 3 aromatic carbocycles. The van der Waals surface area contributed by atoms with E-state index in [-0.39, 0.29) is 11.1 Å². The van der Waals surface area contributed by atoms with E-state index in [0.29, 0.717) is 24.3 Å². The normalized spacial score (nSPS) is 13.7. The molecular weight excluding hydrogens is 638 g/mol. The third-order valence-corrected chi connectivity index (χ3v) is 9.70. The fourth-order valence-corrected chi connectivity index (χ4v) is 7.02. The van der Waals surface area contributed by atoms with E-state index < -0.39 is 98.8 Å². The molecule has 0 unspecified atom stereocenters. The number of ketones is 2. The minimum Gasteiger partial charge on any atom is -0.287 e. The number of carbonyl (C=O) groups excluding carboxylic acids is 2. The molecule has 0 amide bonds. The molecule has 0 spiro atoms. The van der Waals surface area contributed by atoms with E-state index in [4.69, 9.17) is 0 Å². The number of hydrogen-bond donors (Lipinski definition) is 0. The molecule has 0 saturated heterocycles. The van der Waals surface area contributed by atoms with Crippen LogP contribution in [0.5, 0.6) is 0 Å². The molecule has 1 aliphatic carbocycles. The number of alkyl halides is 6. The Balaban J connectivity index is 1.66. The highest BCUT2D eigenvalue weighted by Gasteiger charge is 2.37. The smallest absolute Gasteiger partial charge is 0.287 e. The molecule has 0 bridgehead atoms. The molecule has 0 fully saturated rings. The minimum atomic E-state index is -4.91. The fraction of sp³-hybridized carbons (Fsp3) is 0.143. The van der Waals surface area contributed by atoms with E-state index in [1.807, 2.05) is 0 Å². The maximum atomic E-state index is 13.3. The van der Waals surface area contributed by atoms with Crippen molar-refractivity contribution in [3.63, 3.8) is 0 Å². The first-order valence-electron chi connectivity index (χ1n) is 12.1. The van der Waals surface area contributed by atoms with Gasteiger partial charge in [0.1, 0.15) is 11.4 Å². The molecule has 0 atom stereocenters. The van der Waals surface area contributed by atoms with Crippen LogP contribution in [0.3, 0.4) is 0 Å². The lowest BCUT2D eigenvalue weighted by Crippen LogP contribution is -2.27. The first-order valence-corrected chi connectivity index (χ1v) is 15.4. The summed E-state index contributed by atoms with van der Waals surface area (Å²) in [4.78, 5) is 32.6. The largest absolute Gasteiger partial charge is 0.416 e. The van der Waals surface area contributed by atoms with E-state index in [9.17, 15) is 52.8 Å². The summed E-state index contributed by atoms with van der Waals surface area (Å²) in [5, 5.41) is 0. The number of hydrogen-bond acceptors (Lipinski definition) is 8. The summed E-state index contributed by atoms with van der Waals surface area (Å²) < 4.78 is 133. The van der Waals surface area contributed by atoms with Crippen molar-refractivity contribution in [2.45, 2.75) is 33.6 Å². The highest BCUT2D eigenvalue weighted by molar-refractivity contribution is 7.91. The predicted molar refractivity (Wildman–Crippen MR) is 138 cm³/mol. The van der Waals surface area contributed by atoms with Crippen LogP contribution in [0, 0.1) is 12.1 Å². The molecule has 1 heterocycles. The van der Waals surface area contributed by atoms with Crippen LogP contribution >= 0.6 is 0 Å². The molecule has 0 aliphatic heterocycles. The number of fused-ring (bicyclic) bond motifs is 2. The van der Waals surface area contributed by atoms with Crippen LogP contribution in [0.4, 0.5) is 26.3 Å². The Morgan fingerprint density at radius 3 is 1.57 bits per heavy atom. The van der Waals surface area contributed by atoms with Gasteiger partial charge in [-0.1, -0.05) is 24.3 Å². The SMILES string of the molecule is O=C1c2c#cccc2C(=O)c2nc(CS(=O)(=O)c3cccc(C(F)(F)F)c3)c(CS(=O)(=O)c3cccc(C(F)(F)F)c3)nc21. The monoisotopic (exact) mass is 652 g/mol. The lowest BCUT2D eigenvalue weighted by atomic mass is 9.90. The summed E-state index contributed by atoms with van der Waals surface area (Å²) in [5.41, 5.74) is -5.83. The lowest BCUT2D eigenvalue weighted by Gasteiger charge is -2.18. The third kappa shape index (κ3) is 5.80. The number of benzene rings is 2. The van der Waals surface area contributed by atoms with Crippen LogP contribution in [0.25, 0.3) is 0 Å². The van der Waals surface area contributed by atoms with Crippen molar-refractivity contribution in [3.8, 4) is 0 Å². The van der Waals surface area contributed by atoms with Crippen LogP contribution in [0.2, 0.25) is 0 Å². The van der Waals surface area contributed by atoms with E-state index in [1.54, 1.807) is 0 Å². The Morgan fingerprint density at radius 2 is 1.11 bits per heavy atom. The Kier molecular flexibility index (Phi) is 7.37. The summed E-state index contributed by atoms with van der Waals surface area (Å²) in [6.45, 7) is 0. The van der Waals surface area contributed by atoms with Gasteiger partial charge in [-0.05, 0) is 48.5 Å². The van der Waals surface area contributed by atoms with Crippen LogP contribution < -0.4 is 0 Å². The summed E-state index contributed by atoms with van der Waals surface area (Å²) in [7, 11) is -9.48. The lowest BCUT2D eigenvalue weighted by molar-refractivity contribution is -0.138. The molecule has 44 heavy (non-hydrogen) atoms. The summed E-state index contributed by atoms with van der Waals surface area (Å²) in [5.74, 6) is -4.40. The van der Waals surface area contributed by atoms with Gasteiger partial charge in [0.2, 0.25) is 11.6 Å². The van der Waals surface area contributed by atoms with Gasteiger partial charge in [-0.25, -0.2) is 26.8 Å². The van der Waals surface area contributed by atoms with Crippen LogP contribution in [-0.4, -0.2) is 38.4 Å². The zero-order valence-electron chi connectivity index (χ0n) is 21.6. The van der Waals surface area contributed by atoms with Crippen molar-refractivity contribution >= 4 is 31.2 Å². The molecule has 8 nitrogen and oxygen atoms in total. The van der Waals surface area contributed by atoms with Crippen molar-refractivity contribution in [1.82, 2.24) is 9.97 Å². The number of halogens is 6. The number of aromatic nitrogens is 2. The Labute approximate surface area is 245 Å². The second kappa shape index (κ2) is 10.5. The summed E-state index contributed by atoms with van der Waals surface area (Å²) >= 11 is 0. The molecule has 4 aromatic rings. The maximum Gasteiger partial charge on any atom is 0.416 e. The van der Waals surface area contributed by atoms with Gasteiger partial charge in [-0.3, -0.25) is 9.59 Å². The second-order valence-electron chi connectivity index (χ2n) is 9.43. The van der Waals surface area contributed by atoms with Gasteiger partial charge in [0, 0.05) is 5.56 Å². The zero-order chi connectivity index (χ0) is 32.2. The average Bonchev–Trinajstić information content (AvgIpc) is 2.95. The highest BCUT2D eigenvalue weighted by atomic mass is 32.2. The molecule has 16 heteroatoms. The molecule has 0 saturated carbocycles. The first-order chi connectivity index (χ1) is 20.4. The number of rotatable bonds is 6. The Morgan fingerprint density at radius 1 is 0.659 bits per heavy atom. The molecule has 5 rings (SSSR count). The average molecular weight is 653 g/mol. The predicted octanol–water partition coefficient (Wildman–Crippen LogP) is 4.84. The number of sulfone groups is 2. The van der Waals surface area contributed by atoms with Crippen LogP contribution in [0.1, 0.15) is 54.6 Å². The van der Waals surface area contributed by atoms with Gasteiger partial charge < -0.3 is 0 Å². The third-order valence-electron chi connectivity index (χ3n) is 6.45. The van der Waals surface area contributed by atoms with Gasteiger partial charge in [0.15, 0.2) is 19.7 Å². The molecular formula is C28H14F6N2O6S2. The van der Waals surface area contributed by atoms with Crippen molar-refractivity contribution in [2.24, 2.45) is 0 Å². The number of carbonyl (C=O) groups is 2. The summed E-state index contributed by atoms with van der Waals surface area (Å²) in [6, 6.07) is 12.7. The van der Waals surface area contributed by atoms with Crippen molar-refractivity contribution in [3.05, 3.63) is 118 Å². The topological polar surface area (TPSA) is 128 Å². The van der Waals surface area contributed by atoms with Gasteiger partial charge in [0.05, 0.1) is 49.4 Å². The Hall–Kier alpha value is -4.62. The van der Waals surface area contributed by atoms with Crippen molar-refractivity contribution in [1.29, 1.82) is 0 Å². The first kappa shape index (κ1) is 30.8. The van der Waals surface area contributed by atoms with Crippen molar-refractivity contribution < 1.29 is 52.8 Å². The van der Waals surface area contributed by atoms with E-state index in [1.165, 1.54) is 12.1 Å². The standard InChI is InChI=1S/C28H14F6N2O6S2/c29-27(30,31)15-5-3-7-17(11-15)43(39,40)13-21-22(14-44(41,42)18-8-4-6-16(12-18)28(32,33)34)36-24-23(35-21)25(37)19-9-1-2-10-20(19)26(24)38/h1,3-9,11-12H,13-14H2. The van der Waals surface area contributed by atoms with Crippen LogP contribution in [-0.2, 0) is 43.5 Å². The maximum absolute atomic E-state index is 13.3. The minimum absolute atomic E-state index is 0.188. The molecule has 226 valence electrons. The second-order valence-corrected chi connectivity index (χ2v) is 13.4. The van der Waals surface area contributed by atoms with E-state index in [0.717, 1.165) is 24.3 Å². The van der Waals surface area contributed by atoms with Gasteiger partial charge in [-0.2, -0.15) is 26.3 Å². The van der Waals surface area contributed by atoms with Gasteiger partial charge in [0.25, 0.3) is 0 Å². The van der Waals surface area contributed by atoms with Gasteiger partial charge in [-0.15, -0.1) is 0 Å². The highest BCUT2D eigenvalue weighted by Crippen LogP contribution is 2.34. The fourth-order valence-electron chi connectivity index (χ4n) is 4.31. The van der Waals surface area contributed by atoms with E-state index >= 15 is 0 Å². The quantitative estimate of drug-likeness (QED) is 0.239. The Bertz CT molecular complexity index is 1930. The number of nitrogens with zero attached hydrogens (tertiary/aromatic N) is 2. The van der Waals surface area contributed by atoms with Crippen LogP contribution in [0.15, 0.2) is 70.5 Å². The van der Waals surface area contributed by atoms with Gasteiger partial charge >= 0.3 is 12.4 Å². The summed E-state index contributed by atoms with van der Waals surface area (Å²) in [6.07, 6.45) is -9.81. The zero-order valence-corrected chi connectivity index (χ0v) is 23.2. The van der Waals surface area contributed by atoms with Crippen molar-refractivity contribution in [2.75, 3.05) is 0 Å². The van der Waals surface area contributed by atoms with E-state index in [2.05, 4.69) is 22.1 Å². The molecule has 1 aliphatic rings. The molecule has 0 radical (unpaired) electrons. The molecule has 0 N–H and O–H groups in total. The molecule has 1 aromatic heterocycles.